The molecule has 4 aliphatic rings. The van der Waals surface area contributed by atoms with Crippen LogP contribution in [-0.2, 0) is 47.0 Å². The zero-order chi connectivity index (χ0) is 38.1. The van der Waals surface area contributed by atoms with E-state index < -0.39 is 17.8 Å². The summed E-state index contributed by atoms with van der Waals surface area (Å²) in [6.45, 7) is 9.58. The average molecular weight is 736 g/mol. The highest BCUT2D eigenvalue weighted by atomic mass is 16.7. The molecule has 0 saturated carbocycles. The maximum absolute atomic E-state index is 14.4. The van der Waals surface area contributed by atoms with Crippen LogP contribution in [0.4, 0.5) is 5.69 Å². The highest BCUT2D eigenvalue weighted by Gasteiger charge is 2.38. The smallest absolute Gasteiger partial charge is 0.334 e. The first-order valence-corrected chi connectivity index (χ1v) is 19.1. The Morgan fingerprint density at radius 2 is 1.61 bits per heavy atom. The number of fused-ring (bicyclic) bond motifs is 4. The van der Waals surface area contributed by atoms with Crippen LogP contribution in [0.3, 0.4) is 0 Å². The molecule has 0 spiro atoms. The summed E-state index contributed by atoms with van der Waals surface area (Å²) in [5.41, 5.74) is 9.48. The van der Waals surface area contributed by atoms with Crippen LogP contribution in [0.2, 0.25) is 0 Å². The molecule has 7 rings (SSSR count). The molecule has 54 heavy (non-hydrogen) atoms. The van der Waals surface area contributed by atoms with Gasteiger partial charge in [-0.05, 0) is 82.1 Å². The molecule has 1 saturated heterocycles. The fourth-order valence-corrected chi connectivity index (χ4v) is 8.57. The standard InChI is InChI=1S/C43H51N4O7/c1-43(2)34-26-36-28(10-8-17-45(36)20-22-52-4)24-32(34)41(33-25-29-11-9-18-46(21-23-53-5)37(29)27-35(33)43)30-12-6-7-13-31(30)42(51)44(3)19-16-40(50)54-47-38(48)14-15-39(47)49/h6-7,12-13,24-27H,8-11,14-23H2,1-5H3/q+1. The molecule has 11 heteroatoms. The molecular weight excluding hydrogens is 684 g/mol. The van der Waals surface area contributed by atoms with Crippen molar-refractivity contribution >= 4 is 35.0 Å². The summed E-state index contributed by atoms with van der Waals surface area (Å²) in [5.74, 6) is -2.05. The summed E-state index contributed by atoms with van der Waals surface area (Å²) in [6.07, 6.45) is 3.92. The van der Waals surface area contributed by atoms with Crippen LogP contribution in [0.1, 0.15) is 89.7 Å². The summed E-state index contributed by atoms with van der Waals surface area (Å²) in [6, 6.07) is 17.3. The second-order valence-electron chi connectivity index (χ2n) is 15.3. The molecule has 1 aliphatic carbocycles. The third-order valence-corrected chi connectivity index (χ3v) is 11.5. The second-order valence-corrected chi connectivity index (χ2v) is 15.3. The number of hydrogen-bond acceptors (Lipinski definition) is 8. The number of rotatable bonds is 12. The normalized spacial score (nSPS) is 17.2. The SMILES string of the molecule is COCCN1CCCc2cc3c(cc21)C(C)(C)c1cc2c(cc1=C3c1ccccc1C(=O)N(C)CCC(=O)ON1C(=O)CCC1=O)CCC[N+]=2CCOC. The van der Waals surface area contributed by atoms with Gasteiger partial charge in [-0.25, -0.2) is 9.37 Å². The zero-order valence-electron chi connectivity index (χ0n) is 32.2. The molecule has 3 aromatic carbocycles. The van der Waals surface area contributed by atoms with Gasteiger partial charge in [-0.2, -0.15) is 0 Å². The number of methoxy groups -OCH3 is 2. The van der Waals surface area contributed by atoms with E-state index in [1.165, 1.54) is 38.2 Å². The van der Waals surface area contributed by atoms with Crippen molar-refractivity contribution in [2.24, 2.45) is 0 Å². The van der Waals surface area contributed by atoms with Gasteiger partial charge in [0.2, 0.25) is 5.36 Å². The molecule has 0 N–H and O–H groups in total. The number of anilines is 1. The monoisotopic (exact) mass is 735 g/mol. The van der Waals surface area contributed by atoms with E-state index in [0.717, 1.165) is 73.8 Å². The van der Waals surface area contributed by atoms with Gasteiger partial charge in [-0.1, -0.05) is 32.0 Å². The molecule has 1 fully saturated rings. The van der Waals surface area contributed by atoms with Gasteiger partial charge in [0.25, 0.3) is 17.7 Å². The number of ether oxygens (including phenoxy) is 2. The second kappa shape index (κ2) is 15.5. The molecule has 0 atom stereocenters. The van der Waals surface area contributed by atoms with Gasteiger partial charge in [0.1, 0.15) is 13.2 Å². The van der Waals surface area contributed by atoms with Gasteiger partial charge < -0.3 is 24.1 Å². The van der Waals surface area contributed by atoms with Gasteiger partial charge in [0.15, 0.2) is 6.54 Å². The van der Waals surface area contributed by atoms with Crippen molar-refractivity contribution < 1.29 is 33.5 Å². The van der Waals surface area contributed by atoms with Gasteiger partial charge in [0, 0.05) is 88.5 Å². The van der Waals surface area contributed by atoms with E-state index in [9.17, 15) is 19.2 Å². The molecule has 0 bridgehead atoms. The highest BCUT2D eigenvalue weighted by molar-refractivity contribution is 6.03. The van der Waals surface area contributed by atoms with Gasteiger partial charge in [0.05, 0.1) is 13.0 Å². The molecule has 0 aromatic heterocycles. The van der Waals surface area contributed by atoms with Crippen LogP contribution in [0.15, 0.2) is 48.5 Å². The summed E-state index contributed by atoms with van der Waals surface area (Å²) < 4.78 is 13.4. The third kappa shape index (κ3) is 6.95. The van der Waals surface area contributed by atoms with Crippen LogP contribution in [0.5, 0.6) is 0 Å². The van der Waals surface area contributed by atoms with E-state index in [4.69, 9.17) is 14.3 Å². The maximum atomic E-state index is 14.4. The van der Waals surface area contributed by atoms with Gasteiger partial charge in [-0.15, -0.1) is 5.06 Å². The lowest BCUT2D eigenvalue weighted by atomic mass is 9.67. The fourth-order valence-electron chi connectivity index (χ4n) is 8.57. The van der Waals surface area contributed by atoms with E-state index >= 15 is 0 Å². The lowest BCUT2D eigenvalue weighted by Crippen LogP contribution is -2.44. The van der Waals surface area contributed by atoms with Crippen LogP contribution >= 0.6 is 0 Å². The number of imide groups is 1. The van der Waals surface area contributed by atoms with Crippen molar-refractivity contribution in [1.29, 1.82) is 0 Å². The molecule has 0 unspecified atom stereocenters. The van der Waals surface area contributed by atoms with E-state index in [1.54, 1.807) is 21.3 Å². The number of carbonyl (C=O) groups is 4. The summed E-state index contributed by atoms with van der Waals surface area (Å²) >= 11 is 0. The van der Waals surface area contributed by atoms with Crippen molar-refractivity contribution in [2.75, 3.05) is 72.1 Å². The van der Waals surface area contributed by atoms with Crippen molar-refractivity contribution in [3.8, 4) is 0 Å². The third-order valence-electron chi connectivity index (χ3n) is 11.5. The number of hydrogen-bond donors (Lipinski definition) is 0. The van der Waals surface area contributed by atoms with E-state index in [-0.39, 0.29) is 37.1 Å². The van der Waals surface area contributed by atoms with E-state index in [1.807, 2.05) is 24.3 Å². The Labute approximate surface area is 316 Å². The van der Waals surface area contributed by atoms with E-state index in [2.05, 4.69) is 47.6 Å². The molecule has 3 heterocycles. The van der Waals surface area contributed by atoms with Crippen LogP contribution in [-0.4, -0.2) is 101 Å². The predicted octanol–water partition coefficient (Wildman–Crippen LogP) is 3.13. The predicted molar refractivity (Wildman–Crippen MR) is 205 cm³/mol. The number of carbonyl (C=O) groups excluding carboxylic acids is 4. The first-order valence-electron chi connectivity index (χ1n) is 19.1. The Balaban J connectivity index is 1.36. The molecule has 11 nitrogen and oxygen atoms in total. The highest BCUT2D eigenvalue weighted by Crippen LogP contribution is 2.44. The number of hydroxylamine groups is 2. The molecular formula is C43H51N4O7+. The summed E-state index contributed by atoms with van der Waals surface area (Å²) in [7, 11) is 5.15. The Hall–Kier alpha value is -4.87. The Bertz CT molecular complexity index is 2130. The van der Waals surface area contributed by atoms with Crippen LogP contribution in [0, 0.1) is 0 Å². The van der Waals surface area contributed by atoms with Crippen molar-refractivity contribution in [1.82, 2.24) is 14.5 Å². The lowest BCUT2D eigenvalue weighted by molar-refractivity contribution is -0.197. The van der Waals surface area contributed by atoms with Gasteiger partial charge in [-0.3, -0.25) is 14.4 Å². The topological polar surface area (TPSA) is 109 Å². The van der Waals surface area contributed by atoms with Gasteiger partial charge >= 0.3 is 5.97 Å². The number of aryl methyl sites for hydroxylation is 2. The van der Waals surface area contributed by atoms with Crippen molar-refractivity contribution in [2.45, 2.75) is 64.2 Å². The maximum Gasteiger partial charge on any atom is 0.334 e. The van der Waals surface area contributed by atoms with Crippen molar-refractivity contribution in [3.05, 3.63) is 98.1 Å². The Morgan fingerprint density at radius 3 is 2.37 bits per heavy atom. The van der Waals surface area contributed by atoms with Crippen LogP contribution in [0.25, 0.3) is 5.57 Å². The van der Waals surface area contributed by atoms with E-state index in [0.29, 0.717) is 23.8 Å². The first-order chi connectivity index (χ1) is 26.0. The fraction of sp³-hybridized carbons (Fsp3) is 0.465. The number of amides is 3. The largest absolute Gasteiger partial charge is 0.383 e. The summed E-state index contributed by atoms with van der Waals surface area (Å²) in [4.78, 5) is 60.0. The number of benzene rings is 3. The minimum absolute atomic E-state index is 0.0211. The van der Waals surface area contributed by atoms with Crippen molar-refractivity contribution in [3.63, 3.8) is 0 Å². The first kappa shape index (κ1) is 37.4. The Kier molecular flexibility index (Phi) is 10.7. The average Bonchev–Trinajstić information content (AvgIpc) is 3.49. The minimum Gasteiger partial charge on any atom is -0.383 e. The molecule has 0 radical (unpaired) electrons. The number of nitrogens with zero attached hydrogens (tertiary/aromatic N) is 4. The minimum atomic E-state index is -0.744. The molecule has 3 aromatic rings. The quantitative estimate of drug-likeness (QED) is 0.207. The van der Waals surface area contributed by atoms with Crippen LogP contribution < -0.4 is 20.1 Å². The zero-order valence-corrected chi connectivity index (χ0v) is 32.2. The lowest BCUT2D eigenvalue weighted by Gasteiger charge is -2.39. The molecule has 3 aliphatic heterocycles. The molecule has 3 amide bonds. The Morgan fingerprint density at radius 1 is 0.870 bits per heavy atom. The summed E-state index contributed by atoms with van der Waals surface area (Å²) in [5, 5.41) is 2.93. The molecule has 284 valence electrons.